The molecule has 0 saturated heterocycles. The van der Waals surface area contributed by atoms with Gasteiger partial charge in [-0.05, 0) is 30.4 Å². The van der Waals surface area contributed by atoms with E-state index in [9.17, 15) is 0 Å². The average molecular weight is 297 g/mol. The first-order chi connectivity index (χ1) is 10.7. The first-order valence-electron chi connectivity index (χ1n) is 8.42. The molecule has 4 heteroatoms. The van der Waals surface area contributed by atoms with Gasteiger partial charge in [-0.3, -0.25) is 4.98 Å². The molecule has 0 bridgehead atoms. The van der Waals surface area contributed by atoms with E-state index in [2.05, 4.69) is 36.1 Å². The molecule has 2 aromatic rings. The van der Waals surface area contributed by atoms with E-state index < -0.39 is 0 Å². The van der Waals surface area contributed by atoms with Crippen LogP contribution in [-0.4, -0.2) is 15.1 Å². The van der Waals surface area contributed by atoms with Crippen molar-refractivity contribution in [3.05, 3.63) is 41.8 Å². The molecule has 2 aliphatic rings. The van der Waals surface area contributed by atoms with Gasteiger partial charge in [0.25, 0.3) is 0 Å². The van der Waals surface area contributed by atoms with E-state index in [0.717, 1.165) is 17.4 Å². The molecule has 2 heterocycles. The van der Waals surface area contributed by atoms with Crippen molar-refractivity contribution in [2.45, 2.75) is 63.7 Å². The Morgan fingerprint density at radius 3 is 2.64 bits per heavy atom. The predicted molar refractivity (Wildman–Crippen MR) is 83.6 cm³/mol. The van der Waals surface area contributed by atoms with Gasteiger partial charge in [0.1, 0.15) is 0 Å². The fraction of sp³-hybridized carbons (Fsp3) is 0.611. The van der Waals surface area contributed by atoms with Crippen molar-refractivity contribution in [1.82, 2.24) is 15.1 Å². The Kier molecular flexibility index (Phi) is 3.28. The molecule has 4 rings (SSSR count). The monoisotopic (exact) mass is 297 g/mol. The summed E-state index contributed by atoms with van der Waals surface area (Å²) in [6.45, 7) is 4.53. The zero-order chi connectivity index (χ0) is 15.2. The van der Waals surface area contributed by atoms with Gasteiger partial charge in [0.2, 0.25) is 5.89 Å². The lowest BCUT2D eigenvalue weighted by Crippen LogP contribution is -2.06. The Balaban J connectivity index is 1.56. The molecule has 0 aromatic carbocycles. The van der Waals surface area contributed by atoms with E-state index in [1.807, 2.05) is 12.3 Å². The number of pyridine rings is 1. The van der Waals surface area contributed by atoms with Crippen molar-refractivity contribution in [3.8, 4) is 0 Å². The standard InChI is InChI=1S/C18H23N3O/c1-18(2)14(13-10-6-7-11-19-13)15(18)17-20-16(21-22-17)12-8-4-3-5-9-12/h6-7,10-12,14-15H,3-5,8-9H2,1-2H3/t14-,15+/m0/s1. The van der Waals surface area contributed by atoms with Crippen LogP contribution in [0.15, 0.2) is 28.9 Å². The van der Waals surface area contributed by atoms with E-state index in [1.165, 1.54) is 32.1 Å². The number of nitrogens with zero attached hydrogens (tertiary/aromatic N) is 3. The molecule has 116 valence electrons. The molecule has 2 aromatic heterocycles. The molecule has 0 spiro atoms. The van der Waals surface area contributed by atoms with Gasteiger partial charge in [-0.1, -0.05) is 44.3 Å². The molecule has 4 nitrogen and oxygen atoms in total. The Labute approximate surface area is 131 Å². The lowest BCUT2D eigenvalue weighted by atomic mass is 9.89. The molecule has 2 atom stereocenters. The van der Waals surface area contributed by atoms with Crippen LogP contribution in [0.25, 0.3) is 0 Å². The second-order valence-corrected chi connectivity index (χ2v) is 7.36. The van der Waals surface area contributed by atoms with Crippen LogP contribution in [0.5, 0.6) is 0 Å². The third-order valence-corrected chi connectivity index (χ3v) is 5.53. The fourth-order valence-corrected chi connectivity index (χ4v) is 4.11. The molecular formula is C18H23N3O. The first kappa shape index (κ1) is 13.9. The Bertz CT molecular complexity index is 643. The molecule has 2 saturated carbocycles. The van der Waals surface area contributed by atoms with E-state index in [4.69, 9.17) is 9.51 Å². The van der Waals surface area contributed by atoms with Gasteiger partial charge in [-0.15, -0.1) is 0 Å². The molecule has 2 aliphatic carbocycles. The number of hydrogen-bond donors (Lipinski definition) is 0. The predicted octanol–water partition coefficient (Wildman–Crippen LogP) is 4.42. The normalized spacial score (nSPS) is 27.7. The van der Waals surface area contributed by atoms with Crippen LogP contribution in [0.2, 0.25) is 0 Å². The van der Waals surface area contributed by atoms with Crippen molar-refractivity contribution in [2.24, 2.45) is 5.41 Å². The maximum Gasteiger partial charge on any atom is 0.231 e. The first-order valence-corrected chi connectivity index (χ1v) is 8.42. The van der Waals surface area contributed by atoms with E-state index in [1.54, 1.807) is 0 Å². The lowest BCUT2D eigenvalue weighted by molar-refractivity contribution is 0.351. The van der Waals surface area contributed by atoms with Crippen LogP contribution in [0.4, 0.5) is 0 Å². The lowest BCUT2D eigenvalue weighted by Gasteiger charge is -2.17. The minimum Gasteiger partial charge on any atom is -0.339 e. The average Bonchev–Trinajstić information content (AvgIpc) is 2.90. The molecule has 0 aliphatic heterocycles. The van der Waals surface area contributed by atoms with Gasteiger partial charge in [0.15, 0.2) is 5.82 Å². The summed E-state index contributed by atoms with van der Waals surface area (Å²) in [5.41, 5.74) is 1.28. The van der Waals surface area contributed by atoms with Crippen molar-refractivity contribution in [2.75, 3.05) is 0 Å². The molecule has 2 fully saturated rings. The largest absolute Gasteiger partial charge is 0.339 e. The van der Waals surface area contributed by atoms with E-state index in [0.29, 0.717) is 17.8 Å². The summed E-state index contributed by atoms with van der Waals surface area (Å²) in [6, 6.07) is 6.11. The van der Waals surface area contributed by atoms with Gasteiger partial charge < -0.3 is 4.52 Å². The highest BCUT2D eigenvalue weighted by Gasteiger charge is 2.62. The van der Waals surface area contributed by atoms with Crippen LogP contribution < -0.4 is 0 Å². The fourth-order valence-electron chi connectivity index (χ4n) is 4.11. The zero-order valence-electron chi connectivity index (χ0n) is 13.3. The third kappa shape index (κ3) is 2.25. The molecule has 0 N–H and O–H groups in total. The Morgan fingerprint density at radius 1 is 1.09 bits per heavy atom. The molecule has 22 heavy (non-hydrogen) atoms. The summed E-state index contributed by atoms with van der Waals surface area (Å²) < 4.78 is 5.64. The van der Waals surface area contributed by atoms with Crippen LogP contribution in [-0.2, 0) is 0 Å². The van der Waals surface area contributed by atoms with Crippen molar-refractivity contribution in [3.63, 3.8) is 0 Å². The van der Waals surface area contributed by atoms with Crippen molar-refractivity contribution >= 4 is 0 Å². The van der Waals surface area contributed by atoms with Gasteiger partial charge in [-0.25, -0.2) is 0 Å². The molecule has 0 unspecified atom stereocenters. The summed E-state index contributed by atoms with van der Waals surface area (Å²) in [7, 11) is 0. The molecule has 0 amide bonds. The minimum absolute atomic E-state index is 0.144. The maximum atomic E-state index is 5.64. The topological polar surface area (TPSA) is 51.8 Å². The van der Waals surface area contributed by atoms with E-state index in [-0.39, 0.29) is 5.41 Å². The summed E-state index contributed by atoms with van der Waals surface area (Å²) in [5.74, 6) is 2.92. The van der Waals surface area contributed by atoms with Crippen LogP contribution in [0, 0.1) is 5.41 Å². The van der Waals surface area contributed by atoms with Gasteiger partial charge in [0.05, 0.1) is 5.92 Å². The van der Waals surface area contributed by atoms with Crippen molar-refractivity contribution < 1.29 is 4.52 Å². The quantitative estimate of drug-likeness (QED) is 0.841. The van der Waals surface area contributed by atoms with Gasteiger partial charge in [-0.2, -0.15) is 4.98 Å². The molecule has 0 radical (unpaired) electrons. The Hall–Kier alpha value is -1.71. The summed E-state index contributed by atoms with van der Waals surface area (Å²) in [6.07, 6.45) is 8.20. The smallest absolute Gasteiger partial charge is 0.231 e. The van der Waals surface area contributed by atoms with Gasteiger partial charge >= 0.3 is 0 Å². The zero-order valence-corrected chi connectivity index (χ0v) is 13.3. The minimum atomic E-state index is 0.144. The molecular weight excluding hydrogens is 274 g/mol. The third-order valence-electron chi connectivity index (χ3n) is 5.53. The van der Waals surface area contributed by atoms with E-state index >= 15 is 0 Å². The number of aromatic nitrogens is 3. The second-order valence-electron chi connectivity index (χ2n) is 7.36. The number of rotatable bonds is 3. The number of hydrogen-bond acceptors (Lipinski definition) is 4. The highest BCUT2D eigenvalue weighted by molar-refractivity contribution is 5.33. The highest BCUT2D eigenvalue weighted by Crippen LogP contribution is 2.69. The van der Waals surface area contributed by atoms with Crippen molar-refractivity contribution in [1.29, 1.82) is 0 Å². The van der Waals surface area contributed by atoms with Crippen LogP contribution in [0.1, 0.15) is 81.1 Å². The summed E-state index contributed by atoms with van der Waals surface area (Å²) in [4.78, 5) is 9.28. The Morgan fingerprint density at radius 2 is 1.91 bits per heavy atom. The summed E-state index contributed by atoms with van der Waals surface area (Å²) >= 11 is 0. The van der Waals surface area contributed by atoms with Crippen LogP contribution in [0.3, 0.4) is 0 Å². The van der Waals surface area contributed by atoms with Crippen LogP contribution >= 0.6 is 0 Å². The van der Waals surface area contributed by atoms with Gasteiger partial charge in [0, 0.05) is 23.7 Å². The SMILES string of the molecule is CC1(C)[C@@H](c2ccccn2)[C@@H]1c1nc(C2CCCCC2)no1. The second kappa shape index (κ2) is 5.18. The summed E-state index contributed by atoms with van der Waals surface area (Å²) in [5, 5.41) is 4.29. The maximum absolute atomic E-state index is 5.64. The highest BCUT2D eigenvalue weighted by atomic mass is 16.5.